The normalized spacial score (nSPS) is 17.9. The van der Waals surface area contributed by atoms with Crippen molar-refractivity contribution in [3.05, 3.63) is 48.3 Å². The van der Waals surface area contributed by atoms with Gasteiger partial charge in [0.15, 0.2) is 5.82 Å². The van der Waals surface area contributed by atoms with E-state index in [0.29, 0.717) is 23.8 Å². The Morgan fingerprint density at radius 1 is 1.23 bits per heavy atom. The molecule has 1 amide bonds. The van der Waals surface area contributed by atoms with Crippen LogP contribution in [-0.4, -0.2) is 42.3 Å². The van der Waals surface area contributed by atoms with Crippen LogP contribution in [-0.2, 0) is 7.05 Å². The van der Waals surface area contributed by atoms with E-state index in [4.69, 9.17) is 4.52 Å². The van der Waals surface area contributed by atoms with Crippen molar-refractivity contribution in [2.45, 2.75) is 31.7 Å². The maximum atomic E-state index is 13.0. The Balaban J connectivity index is 1.64. The summed E-state index contributed by atoms with van der Waals surface area (Å²) in [4.78, 5) is 23.4. The second-order valence-corrected chi connectivity index (χ2v) is 6.46. The van der Waals surface area contributed by atoms with Gasteiger partial charge < -0.3 is 9.42 Å². The summed E-state index contributed by atoms with van der Waals surface area (Å²) in [6, 6.07) is 3.29. The lowest BCUT2D eigenvalue weighted by Gasteiger charge is -2.27. The number of carbonyl (C=O) groups is 1. The van der Waals surface area contributed by atoms with E-state index in [9.17, 15) is 4.79 Å². The number of aryl methyl sites for hydroxylation is 1. The third-order valence-electron chi connectivity index (χ3n) is 4.63. The molecule has 1 aliphatic heterocycles. The van der Waals surface area contributed by atoms with Gasteiger partial charge in [0.25, 0.3) is 11.8 Å². The minimum absolute atomic E-state index is 0.0213. The Hall–Kier alpha value is -3.03. The van der Waals surface area contributed by atoms with E-state index in [1.165, 1.54) is 0 Å². The van der Waals surface area contributed by atoms with E-state index >= 15 is 0 Å². The number of nitrogens with zero attached hydrogens (tertiary/aromatic N) is 6. The van der Waals surface area contributed by atoms with E-state index in [2.05, 4.69) is 20.2 Å². The highest BCUT2D eigenvalue weighted by atomic mass is 16.5. The molecular formula is C18H20N6O2. The lowest BCUT2D eigenvalue weighted by atomic mass is 10.1. The van der Waals surface area contributed by atoms with Crippen LogP contribution in [0.1, 0.15) is 47.9 Å². The smallest absolute Gasteiger partial charge is 0.261 e. The van der Waals surface area contributed by atoms with Gasteiger partial charge in [0, 0.05) is 37.7 Å². The number of pyridine rings is 1. The Bertz CT molecular complexity index is 888. The van der Waals surface area contributed by atoms with Crippen LogP contribution in [0.25, 0.3) is 11.5 Å². The van der Waals surface area contributed by atoms with Crippen molar-refractivity contribution in [3.8, 4) is 11.5 Å². The third-order valence-corrected chi connectivity index (χ3v) is 4.63. The number of carbonyl (C=O) groups excluding carboxylic acids is 1. The lowest BCUT2D eigenvalue weighted by molar-refractivity contribution is 0.0670. The van der Waals surface area contributed by atoms with Crippen molar-refractivity contribution in [3.63, 3.8) is 0 Å². The predicted octanol–water partition coefficient (Wildman–Crippen LogP) is 2.62. The molecule has 1 fully saturated rings. The van der Waals surface area contributed by atoms with Gasteiger partial charge in [0.1, 0.15) is 0 Å². The molecule has 134 valence electrons. The average molecular weight is 352 g/mol. The molecule has 1 aliphatic rings. The molecule has 8 heteroatoms. The molecule has 3 aromatic heterocycles. The number of amides is 1. The van der Waals surface area contributed by atoms with Gasteiger partial charge in [-0.1, -0.05) is 18.0 Å². The molecule has 4 rings (SSSR count). The molecule has 0 spiro atoms. The Labute approximate surface area is 150 Å². The van der Waals surface area contributed by atoms with Crippen molar-refractivity contribution in [2.75, 3.05) is 6.54 Å². The zero-order valence-electron chi connectivity index (χ0n) is 14.6. The molecule has 26 heavy (non-hydrogen) atoms. The minimum Gasteiger partial charge on any atom is -0.334 e. The van der Waals surface area contributed by atoms with Crippen LogP contribution < -0.4 is 0 Å². The highest BCUT2D eigenvalue weighted by molar-refractivity contribution is 5.94. The summed E-state index contributed by atoms with van der Waals surface area (Å²) in [5.41, 5.74) is 1.40. The molecule has 3 aromatic rings. The maximum absolute atomic E-state index is 13.0. The highest BCUT2D eigenvalue weighted by Gasteiger charge is 2.31. The third kappa shape index (κ3) is 3.22. The average Bonchev–Trinajstić information content (AvgIpc) is 3.25. The Morgan fingerprint density at radius 2 is 2.08 bits per heavy atom. The van der Waals surface area contributed by atoms with Crippen molar-refractivity contribution in [1.29, 1.82) is 0 Å². The van der Waals surface area contributed by atoms with Gasteiger partial charge in [0.05, 0.1) is 17.8 Å². The van der Waals surface area contributed by atoms with Crippen LogP contribution in [0, 0.1) is 0 Å². The topological polar surface area (TPSA) is 89.9 Å². The molecular weight excluding hydrogens is 332 g/mol. The van der Waals surface area contributed by atoms with E-state index < -0.39 is 0 Å². The fourth-order valence-electron chi connectivity index (χ4n) is 3.30. The lowest BCUT2D eigenvalue weighted by Crippen LogP contribution is -2.35. The monoisotopic (exact) mass is 352 g/mol. The Morgan fingerprint density at radius 3 is 2.85 bits per heavy atom. The highest BCUT2D eigenvalue weighted by Crippen LogP contribution is 2.31. The summed E-state index contributed by atoms with van der Waals surface area (Å²) in [7, 11) is 1.83. The molecule has 8 nitrogen and oxygen atoms in total. The molecule has 0 N–H and O–H groups in total. The van der Waals surface area contributed by atoms with Gasteiger partial charge in [-0.2, -0.15) is 10.1 Å². The zero-order chi connectivity index (χ0) is 17.9. The molecule has 1 saturated heterocycles. The van der Waals surface area contributed by atoms with Crippen LogP contribution in [0.3, 0.4) is 0 Å². The van der Waals surface area contributed by atoms with Gasteiger partial charge >= 0.3 is 0 Å². The summed E-state index contributed by atoms with van der Waals surface area (Å²) in [6.07, 6.45) is 10.7. The molecule has 1 atom stereocenters. The first-order valence-electron chi connectivity index (χ1n) is 8.76. The number of hydrogen-bond acceptors (Lipinski definition) is 6. The largest absolute Gasteiger partial charge is 0.334 e. The van der Waals surface area contributed by atoms with Gasteiger partial charge in [-0.15, -0.1) is 0 Å². The fourth-order valence-corrected chi connectivity index (χ4v) is 3.30. The van der Waals surface area contributed by atoms with Crippen LogP contribution in [0.4, 0.5) is 0 Å². The molecule has 0 aliphatic carbocycles. The van der Waals surface area contributed by atoms with Crippen LogP contribution in [0.2, 0.25) is 0 Å². The van der Waals surface area contributed by atoms with E-state index in [1.54, 1.807) is 35.4 Å². The standard InChI is InChI=1S/C18H20N6O2/c1-23-12-14(11-20-23)17-21-16(22-26-17)15-5-3-2-4-10-24(15)18(25)13-6-8-19-9-7-13/h6-9,11-12,15H,2-5,10H2,1H3/t15-/m1/s1. The SMILES string of the molecule is Cn1cc(-c2nc([C@H]3CCCCCN3C(=O)c3ccncc3)no2)cn1. The van der Waals surface area contributed by atoms with Gasteiger partial charge in [-0.3, -0.25) is 14.5 Å². The molecule has 0 unspecified atom stereocenters. The first kappa shape index (κ1) is 16.4. The first-order chi connectivity index (χ1) is 12.7. The van der Waals surface area contributed by atoms with Crippen LogP contribution >= 0.6 is 0 Å². The minimum atomic E-state index is -0.188. The number of aromatic nitrogens is 5. The van der Waals surface area contributed by atoms with Gasteiger partial charge in [-0.05, 0) is 25.0 Å². The quantitative estimate of drug-likeness (QED) is 0.720. The summed E-state index contributed by atoms with van der Waals surface area (Å²) < 4.78 is 7.11. The first-order valence-corrected chi connectivity index (χ1v) is 8.76. The van der Waals surface area contributed by atoms with E-state index in [1.807, 2.05) is 18.1 Å². The van der Waals surface area contributed by atoms with Crippen LogP contribution in [0.5, 0.6) is 0 Å². The number of likely N-dealkylation sites (tertiary alicyclic amines) is 1. The van der Waals surface area contributed by atoms with Gasteiger partial charge in [-0.25, -0.2) is 0 Å². The second kappa shape index (κ2) is 7.07. The second-order valence-electron chi connectivity index (χ2n) is 6.46. The van der Waals surface area contributed by atoms with E-state index in [0.717, 1.165) is 31.2 Å². The molecule has 0 radical (unpaired) electrons. The molecule has 4 heterocycles. The van der Waals surface area contributed by atoms with Crippen LogP contribution in [0.15, 0.2) is 41.4 Å². The van der Waals surface area contributed by atoms with Gasteiger partial charge in [0.2, 0.25) is 0 Å². The summed E-state index contributed by atoms with van der Waals surface area (Å²) in [6.45, 7) is 0.683. The fraction of sp³-hybridized carbons (Fsp3) is 0.389. The molecule has 0 saturated carbocycles. The molecule has 0 aromatic carbocycles. The summed E-state index contributed by atoms with van der Waals surface area (Å²) >= 11 is 0. The van der Waals surface area contributed by atoms with Crippen molar-refractivity contribution in [1.82, 2.24) is 29.8 Å². The van der Waals surface area contributed by atoms with Crippen molar-refractivity contribution >= 4 is 5.91 Å². The Kier molecular flexibility index (Phi) is 4.47. The predicted molar refractivity (Wildman–Crippen MR) is 93.0 cm³/mol. The summed E-state index contributed by atoms with van der Waals surface area (Å²) in [5, 5.41) is 8.30. The zero-order valence-corrected chi connectivity index (χ0v) is 14.6. The number of hydrogen-bond donors (Lipinski definition) is 0. The van der Waals surface area contributed by atoms with Crippen molar-refractivity contribution in [2.24, 2.45) is 7.05 Å². The number of rotatable bonds is 3. The molecule has 0 bridgehead atoms. The maximum Gasteiger partial charge on any atom is 0.261 e. The summed E-state index contributed by atoms with van der Waals surface area (Å²) in [5.74, 6) is 0.953. The van der Waals surface area contributed by atoms with Crippen molar-refractivity contribution < 1.29 is 9.32 Å². The van der Waals surface area contributed by atoms with E-state index in [-0.39, 0.29) is 11.9 Å².